The van der Waals surface area contributed by atoms with Crippen LogP contribution in [0.1, 0.15) is 16.1 Å². The summed E-state index contributed by atoms with van der Waals surface area (Å²) in [7, 11) is 1.51. The molecule has 106 valence electrons. The minimum absolute atomic E-state index is 0.0481. The van der Waals surface area contributed by atoms with E-state index in [4.69, 9.17) is 14.9 Å². The first-order chi connectivity index (χ1) is 10.1. The number of halogens is 1. The lowest BCUT2D eigenvalue weighted by Gasteiger charge is -2.05. The summed E-state index contributed by atoms with van der Waals surface area (Å²) in [6, 6.07) is 10.8. The molecule has 0 atom stereocenters. The minimum atomic E-state index is -0.505. The van der Waals surface area contributed by atoms with Crippen molar-refractivity contribution in [2.24, 2.45) is 0 Å². The van der Waals surface area contributed by atoms with Crippen molar-refractivity contribution in [3.63, 3.8) is 0 Å². The van der Waals surface area contributed by atoms with E-state index in [0.717, 1.165) is 0 Å². The molecule has 0 spiro atoms. The van der Waals surface area contributed by atoms with Crippen molar-refractivity contribution in [2.45, 2.75) is 0 Å². The Hall–Kier alpha value is -2.82. The molecule has 3 aromatic rings. The third-order valence-corrected chi connectivity index (χ3v) is 3.22. The van der Waals surface area contributed by atoms with Gasteiger partial charge in [-0.05, 0) is 24.3 Å². The van der Waals surface area contributed by atoms with E-state index >= 15 is 0 Å². The van der Waals surface area contributed by atoms with Crippen molar-refractivity contribution in [3.8, 4) is 5.75 Å². The Morgan fingerprint density at radius 1 is 1.24 bits per heavy atom. The maximum atomic E-state index is 13.6. The largest absolute Gasteiger partial charge is 0.497 e. The molecule has 0 aliphatic rings. The van der Waals surface area contributed by atoms with Gasteiger partial charge in [-0.25, -0.2) is 4.39 Å². The van der Waals surface area contributed by atoms with Crippen LogP contribution >= 0.6 is 0 Å². The second-order valence-electron chi connectivity index (χ2n) is 4.55. The molecule has 0 aliphatic carbocycles. The van der Waals surface area contributed by atoms with Crippen LogP contribution < -0.4 is 10.5 Å². The Morgan fingerprint density at radius 2 is 2.05 bits per heavy atom. The fourth-order valence-corrected chi connectivity index (χ4v) is 2.15. The van der Waals surface area contributed by atoms with Gasteiger partial charge in [0.15, 0.2) is 17.2 Å². The van der Waals surface area contributed by atoms with Gasteiger partial charge in [-0.15, -0.1) is 0 Å². The summed E-state index contributed by atoms with van der Waals surface area (Å²) in [6.07, 6.45) is 0. The lowest BCUT2D eigenvalue weighted by atomic mass is 10.1. The van der Waals surface area contributed by atoms with Crippen LogP contribution in [-0.2, 0) is 0 Å². The maximum absolute atomic E-state index is 13.6. The molecule has 4 nitrogen and oxygen atoms in total. The number of para-hydroxylation sites is 1. The lowest BCUT2D eigenvalue weighted by molar-refractivity contribution is 0.101. The second-order valence-corrected chi connectivity index (χ2v) is 4.55. The molecule has 0 fully saturated rings. The van der Waals surface area contributed by atoms with E-state index in [1.807, 2.05) is 0 Å². The number of hydrogen-bond donors (Lipinski definition) is 1. The quantitative estimate of drug-likeness (QED) is 0.591. The molecule has 0 unspecified atom stereocenters. The summed E-state index contributed by atoms with van der Waals surface area (Å²) in [5.41, 5.74) is 6.47. The number of nitrogens with two attached hydrogens (primary N) is 1. The van der Waals surface area contributed by atoms with Gasteiger partial charge in [-0.3, -0.25) is 4.79 Å². The number of hydrogen-bond acceptors (Lipinski definition) is 4. The van der Waals surface area contributed by atoms with Gasteiger partial charge in [0.1, 0.15) is 5.75 Å². The van der Waals surface area contributed by atoms with E-state index in [1.54, 1.807) is 30.3 Å². The Labute approximate surface area is 119 Å². The van der Waals surface area contributed by atoms with Gasteiger partial charge in [0.25, 0.3) is 0 Å². The molecule has 21 heavy (non-hydrogen) atoms. The van der Waals surface area contributed by atoms with Gasteiger partial charge in [-0.2, -0.15) is 0 Å². The van der Waals surface area contributed by atoms with Crippen LogP contribution in [0, 0.1) is 5.82 Å². The zero-order valence-electron chi connectivity index (χ0n) is 11.2. The van der Waals surface area contributed by atoms with E-state index in [2.05, 4.69) is 0 Å². The summed E-state index contributed by atoms with van der Waals surface area (Å²) < 4.78 is 23.9. The predicted molar refractivity (Wildman–Crippen MR) is 77.0 cm³/mol. The molecule has 2 aromatic carbocycles. The van der Waals surface area contributed by atoms with Crippen LogP contribution in [0.5, 0.6) is 5.75 Å². The lowest BCUT2D eigenvalue weighted by Crippen LogP contribution is -2.04. The number of benzene rings is 2. The zero-order valence-corrected chi connectivity index (χ0v) is 11.2. The third-order valence-electron chi connectivity index (χ3n) is 3.22. The second kappa shape index (κ2) is 4.94. The van der Waals surface area contributed by atoms with Gasteiger partial charge < -0.3 is 14.9 Å². The Bertz CT molecular complexity index is 839. The standard InChI is InChI=1S/C16H12FNO3/c1-20-10-5-6-11(13(18)8-10)15(19)14-7-9-3-2-4-12(17)16(9)21-14/h2-8H,18H2,1H3. The van der Waals surface area contributed by atoms with Crippen LogP contribution in [0.25, 0.3) is 11.0 Å². The van der Waals surface area contributed by atoms with E-state index in [-0.39, 0.29) is 22.6 Å². The van der Waals surface area contributed by atoms with Crippen LogP contribution in [-0.4, -0.2) is 12.9 Å². The van der Waals surface area contributed by atoms with Crippen LogP contribution in [0.4, 0.5) is 10.1 Å². The number of nitrogen functional groups attached to an aromatic ring is 1. The molecule has 2 N–H and O–H groups in total. The summed E-state index contributed by atoms with van der Waals surface area (Å²) in [4.78, 5) is 12.4. The number of carbonyl (C=O) groups is 1. The van der Waals surface area contributed by atoms with Gasteiger partial charge in [0.05, 0.1) is 7.11 Å². The van der Waals surface area contributed by atoms with Crippen LogP contribution in [0.15, 0.2) is 46.9 Å². The fourth-order valence-electron chi connectivity index (χ4n) is 2.15. The van der Waals surface area contributed by atoms with E-state index < -0.39 is 11.6 Å². The number of carbonyl (C=O) groups excluding carboxylic acids is 1. The normalized spacial score (nSPS) is 10.8. The van der Waals surface area contributed by atoms with E-state index in [9.17, 15) is 9.18 Å². The molecule has 1 heterocycles. The van der Waals surface area contributed by atoms with Gasteiger partial charge >= 0.3 is 0 Å². The third kappa shape index (κ3) is 2.23. The van der Waals surface area contributed by atoms with Crippen LogP contribution in [0.2, 0.25) is 0 Å². The highest BCUT2D eigenvalue weighted by Crippen LogP contribution is 2.27. The number of furan rings is 1. The first-order valence-corrected chi connectivity index (χ1v) is 6.26. The number of anilines is 1. The molecule has 0 aliphatic heterocycles. The van der Waals surface area contributed by atoms with E-state index in [0.29, 0.717) is 11.1 Å². The molecule has 0 saturated carbocycles. The summed E-state index contributed by atoms with van der Waals surface area (Å²) in [5, 5.41) is 0.533. The van der Waals surface area contributed by atoms with E-state index in [1.165, 1.54) is 19.2 Å². The molecule has 3 rings (SSSR count). The van der Waals surface area contributed by atoms with Crippen molar-refractivity contribution >= 4 is 22.4 Å². The molecular formula is C16H12FNO3. The summed E-state index contributed by atoms with van der Waals surface area (Å²) in [6.45, 7) is 0. The maximum Gasteiger partial charge on any atom is 0.230 e. The SMILES string of the molecule is COc1ccc(C(=O)c2cc3cccc(F)c3o2)c(N)c1. The van der Waals surface area contributed by atoms with Gasteiger partial charge in [-0.1, -0.05) is 12.1 Å². The molecule has 0 radical (unpaired) electrons. The van der Waals surface area contributed by atoms with Gasteiger partial charge in [0.2, 0.25) is 5.78 Å². The molecule has 0 bridgehead atoms. The number of fused-ring (bicyclic) bond motifs is 1. The average Bonchev–Trinajstić information content (AvgIpc) is 2.92. The molecule has 0 amide bonds. The molecule has 5 heteroatoms. The Morgan fingerprint density at radius 3 is 2.71 bits per heavy atom. The Kier molecular flexibility index (Phi) is 3.10. The monoisotopic (exact) mass is 285 g/mol. The summed E-state index contributed by atoms with van der Waals surface area (Å²) in [5.74, 6) is -0.299. The number of ether oxygens (including phenoxy) is 1. The highest BCUT2D eigenvalue weighted by molar-refractivity contribution is 6.12. The summed E-state index contributed by atoms with van der Waals surface area (Å²) >= 11 is 0. The fraction of sp³-hybridized carbons (Fsp3) is 0.0625. The molecule has 0 saturated heterocycles. The van der Waals surface area contributed by atoms with Crippen molar-refractivity contribution in [1.29, 1.82) is 0 Å². The first kappa shape index (κ1) is 13.2. The van der Waals surface area contributed by atoms with Crippen LogP contribution in [0.3, 0.4) is 0 Å². The molecular weight excluding hydrogens is 273 g/mol. The number of rotatable bonds is 3. The average molecular weight is 285 g/mol. The highest BCUT2D eigenvalue weighted by atomic mass is 19.1. The van der Waals surface area contributed by atoms with Crippen molar-refractivity contribution in [2.75, 3.05) is 12.8 Å². The number of ketones is 1. The van der Waals surface area contributed by atoms with Gasteiger partial charge in [0, 0.05) is 22.7 Å². The number of methoxy groups -OCH3 is 1. The minimum Gasteiger partial charge on any atom is -0.497 e. The molecule has 1 aromatic heterocycles. The first-order valence-electron chi connectivity index (χ1n) is 6.26. The topological polar surface area (TPSA) is 65.5 Å². The zero-order chi connectivity index (χ0) is 15.0. The van der Waals surface area contributed by atoms with Crippen molar-refractivity contribution in [1.82, 2.24) is 0 Å². The van der Waals surface area contributed by atoms with Crippen molar-refractivity contribution in [3.05, 3.63) is 59.6 Å². The Balaban J connectivity index is 2.06. The van der Waals surface area contributed by atoms with Crippen molar-refractivity contribution < 1.29 is 18.3 Å². The predicted octanol–water partition coefficient (Wildman–Crippen LogP) is 3.39. The highest BCUT2D eigenvalue weighted by Gasteiger charge is 2.18. The smallest absolute Gasteiger partial charge is 0.230 e.